The first-order valence-electron chi connectivity index (χ1n) is 7.10. The molecule has 0 aromatic heterocycles. The van der Waals surface area contributed by atoms with Crippen molar-refractivity contribution in [2.75, 3.05) is 13.2 Å². The van der Waals surface area contributed by atoms with Gasteiger partial charge in [0.05, 0.1) is 12.2 Å². The van der Waals surface area contributed by atoms with E-state index in [1.165, 1.54) is 12.8 Å². The maximum Gasteiger partial charge on any atom is 0.0684 e. The number of hydrogen-bond acceptors (Lipinski definition) is 3. The summed E-state index contributed by atoms with van der Waals surface area (Å²) in [6.45, 7) is 8.49. The van der Waals surface area contributed by atoms with E-state index in [-0.39, 0.29) is 11.5 Å². The fraction of sp³-hybridized carbons (Fsp3) is 1.00. The summed E-state index contributed by atoms with van der Waals surface area (Å²) in [5.74, 6) is 0.692. The Morgan fingerprint density at radius 1 is 1.47 bits per heavy atom. The van der Waals surface area contributed by atoms with Crippen LogP contribution in [-0.2, 0) is 4.74 Å². The van der Waals surface area contributed by atoms with Crippen molar-refractivity contribution in [3.05, 3.63) is 0 Å². The molecule has 0 aromatic carbocycles. The van der Waals surface area contributed by atoms with Crippen LogP contribution in [-0.4, -0.2) is 36.5 Å². The van der Waals surface area contributed by atoms with Gasteiger partial charge in [-0.25, -0.2) is 0 Å². The third kappa shape index (κ3) is 2.51. The molecule has 1 saturated carbocycles. The molecule has 3 heteroatoms. The zero-order chi connectivity index (χ0) is 12.5. The Morgan fingerprint density at radius 2 is 2.24 bits per heavy atom. The fourth-order valence-corrected chi connectivity index (χ4v) is 3.55. The first-order valence-corrected chi connectivity index (χ1v) is 7.10. The average molecular weight is 241 g/mol. The van der Waals surface area contributed by atoms with Crippen molar-refractivity contribution >= 4 is 0 Å². The Hall–Kier alpha value is -0.120. The van der Waals surface area contributed by atoms with Gasteiger partial charge in [0.25, 0.3) is 0 Å². The lowest BCUT2D eigenvalue weighted by molar-refractivity contribution is -0.192. The normalized spacial score (nSPS) is 37.1. The van der Waals surface area contributed by atoms with Crippen LogP contribution in [0.3, 0.4) is 0 Å². The van der Waals surface area contributed by atoms with E-state index in [1.807, 2.05) is 6.92 Å². The van der Waals surface area contributed by atoms with Crippen molar-refractivity contribution in [1.29, 1.82) is 0 Å². The molecule has 1 saturated heterocycles. The first kappa shape index (κ1) is 13.3. The van der Waals surface area contributed by atoms with Gasteiger partial charge in [0.15, 0.2) is 0 Å². The summed E-state index contributed by atoms with van der Waals surface area (Å²) in [4.78, 5) is 0. The third-order valence-corrected chi connectivity index (χ3v) is 4.64. The second kappa shape index (κ2) is 5.25. The molecule has 0 aromatic rings. The van der Waals surface area contributed by atoms with Crippen LogP contribution in [0.15, 0.2) is 0 Å². The molecule has 1 aliphatic heterocycles. The predicted octanol–water partition coefficient (Wildman–Crippen LogP) is 1.94. The Kier molecular flexibility index (Phi) is 4.11. The number of nitrogens with one attached hydrogen (secondary N) is 1. The van der Waals surface area contributed by atoms with E-state index >= 15 is 0 Å². The van der Waals surface area contributed by atoms with Crippen LogP contribution >= 0.6 is 0 Å². The van der Waals surface area contributed by atoms with Crippen LogP contribution in [0.25, 0.3) is 0 Å². The molecule has 0 amide bonds. The molecular weight excluding hydrogens is 214 g/mol. The minimum atomic E-state index is -0.149. The van der Waals surface area contributed by atoms with Gasteiger partial charge in [-0.05, 0) is 32.2 Å². The Morgan fingerprint density at radius 3 is 2.94 bits per heavy atom. The van der Waals surface area contributed by atoms with Crippen molar-refractivity contribution in [2.45, 2.75) is 64.7 Å². The molecular formula is C14H27NO2. The van der Waals surface area contributed by atoms with Gasteiger partial charge in [-0.2, -0.15) is 0 Å². The second-order valence-electron chi connectivity index (χ2n) is 6.20. The maximum atomic E-state index is 9.56. The van der Waals surface area contributed by atoms with Crippen molar-refractivity contribution in [3.63, 3.8) is 0 Å². The molecule has 1 heterocycles. The minimum absolute atomic E-state index is 0.149. The summed E-state index contributed by atoms with van der Waals surface area (Å²) in [5.41, 5.74) is 0.252. The predicted molar refractivity (Wildman–Crippen MR) is 69.0 cm³/mol. The zero-order valence-corrected chi connectivity index (χ0v) is 11.4. The van der Waals surface area contributed by atoms with Crippen molar-refractivity contribution in [1.82, 2.24) is 5.32 Å². The topological polar surface area (TPSA) is 41.5 Å². The zero-order valence-electron chi connectivity index (χ0n) is 11.4. The van der Waals surface area contributed by atoms with E-state index in [1.54, 1.807) is 0 Å². The van der Waals surface area contributed by atoms with Gasteiger partial charge >= 0.3 is 0 Å². The molecule has 0 spiro atoms. The number of aliphatic hydroxyl groups excluding tert-OH is 1. The SMILES string of the molecule is CCC(O)CCNC1C2CCCOC2C1(C)C. The summed E-state index contributed by atoms with van der Waals surface area (Å²) >= 11 is 0. The molecule has 2 fully saturated rings. The molecule has 17 heavy (non-hydrogen) atoms. The van der Waals surface area contributed by atoms with Crippen molar-refractivity contribution in [2.24, 2.45) is 11.3 Å². The maximum absolute atomic E-state index is 9.56. The minimum Gasteiger partial charge on any atom is -0.393 e. The summed E-state index contributed by atoms with van der Waals surface area (Å²) in [7, 11) is 0. The standard InChI is InChI=1S/C14H27NO2/c1-4-10(16)7-8-15-12-11-6-5-9-17-13(11)14(12,2)3/h10-13,15-16H,4-9H2,1-3H3. The van der Waals surface area contributed by atoms with Gasteiger partial charge < -0.3 is 15.2 Å². The number of rotatable bonds is 5. The van der Waals surface area contributed by atoms with Gasteiger partial charge in [0, 0.05) is 24.0 Å². The van der Waals surface area contributed by atoms with Gasteiger partial charge in [-0.1, -0.05) is 20.8 Å². The number of ether oxygens (including phenoxy) is 1. The molecule has 0 radical (unpaired) electrons. The summed E-state index contributed by atoms with van der Waals surface area (Å²) in [5, 5.41) is 13.2. The highest BCUT2D eigenvalue weighted by molar-refractivity contribution is 5.10. The van der Waals surface area contributed by atoms with E-state index in [9.17, 15) is 5.11 Å². The van der Waals surface area contributed by atoms with Gasteiger partial charge in [0.1, 0.15) is 0 Å². The fourth-order valence-electron chi connectivity index (χ4n) is 3.55. The Labute approximate surface area is 105 Å². The lowest BCUT2D eigenvalue weighted by atomic mass is 9.55. The Balaban J connectivity index is 1.80. The van der Waals surface area contributed by atoms with Crippen LogP contribution in [0.4, 0.5) is 0 Å². The van der Waals surface area contributed by atoms with E-state index in [2.05, 4.69) is 19.2 Å². The second-order valence-corrected chi connectivity index (χ2v) is 6.20. The average Bonchev–Trinajstić information content (AvgIpc) is 2.34. The molecule has 3 nitrogen and oxygen atoms in total. The monoisotopic (exact) mass is 241 g/mol. The van der Waals surface area contributed by atoms with Gasteiger partial charge in [0.2, 0.25) is 0 Å². The molecule has 2 rings (SSSR count). The van der Waals surface area contributed by atoms with E-state index in [0.717, 1.165) is 26.0 Å². The molecule has 4 unspecified atom stereocenters. The summed E-state index contributed by atoms with van der Waals surface area (Å²) in [6, 6.07) is 0.567. The summed E-state index contributed by atoms with van der Waals surface area (Å²) in [6.07, 6.45) is 4.51. The molecule has 100 valence electrons. The lowest BCUT2D eigenvalue weighted by Crippen LogP contribution is -2.69. The van der Waals surface area contributed by atoms with E-state index in [0.29, 0.717) is 18.1 Å². The molecule has 1 aliphatic carbocycles. The highest BCUT2D eigenvalue weighted by Gasteiger charge is 2.57. The number of hydrogen-bond donors (Lipinski definition) is 2. The van der Waals surface area contributed by atoms with Gasteiger partial charge in [-0.15, -0.1) is 0 Å². The molecule has 4 atom stereocenters. The number of aliphatic hydroxyl groups is 1. The Bertz CT molecular complexity index is 255. The molecule has 2 aliphatic rings. The number of fused-ring (bicyclic) bond motifs is 1. The van der Waals surface area contributed by atoms with Crippen LogP contribution in [0.2, 0.25) is 0 Å². The van der Waals surface area contributed by atoms with Crippen LogP contribution in [0.5, 0.6) is 0 Å². The van der Waals surface area contributed by atoms with E-state index in [4.69, 9.17) is 4.74 Å². The lowest BCUT2D eigenvalue weighted by Gasteiger charge is -2.60. The smallest absolute Gasteiger partial charge is 0.0684 e. The molecule has 2 N–H and O–H groups in total. The highest BCUT2D eigenvalue weighted by atomic mass is 16.5. The molecule has 0 bridgehead atoms. The van der Waals surface area contributed by atoms with Crippen molar-refractivity contribution in [3.8, 4) is 0 Å². The van der Waals surface area contributed by atoms with E-state index < -0.39 is 0 Å². The third-order valence-electron chi connectivity index (χ3n) is 4.64. The quantitative estimate of drug-likeness (QED) is 0.773. The van der Waals surface area contributed by atoms with Crippen LogP contribution in [0, 0.1) is 11.3 Å². The van der Waals surface area contributed by atoms with Gasteiger partial charge in [-0.3, -0.25) is 0 Å². The van der Waals surface area contributed by atoms with Crippen LogP contribution in [0.1, 0.15) is 46.5 Å². The highest BCUT2D eigenvalue weighted by Crippen LogP contribution is 2.51. The van der Waals surface area contributed by atoms with Crippen molar-refractivity contribution < 1.29 is 9.84 Å². The summed E-state index contributed by atoms with van der Waals surface area (Å²) < 4.78 is 5.88. The van der Waals surface area contributed by atoms with Crippen LogP contribution < -0.4 is 5.32 Å². The largest absolute Gasteiger partial charge is 0.393 e. The first-order chi connectivity index (χ1) is 8.07.